The molecule has 0 aromatic heterocycles. The van der Waals surface area contributed by atoms with E-state index in [1.165, 1.54) is 6.92 Å². The normalized spacial score (nSPS) is 22.1. The first-order valence-corrected chi connectivity index (χ1v) is 17.6. The second-order valence-corrected chi connectivity index (χ2v) is 13.4. The van der Waals surface area contributed by atoms with E-state index in [2.05, 4.69) is 53.4 Å². The van der Waals surface area contributed by atoms with Gasteiger partial charge >= 0.3 is 5.97 Å². The van der Waals surface area contributed by atoms with Gasteiger partial charge in [0.15, 0.2) is 11.9 Å². The summed E-state index contributed by atoms with van der Waals surface area (Å²) < 4.78 is 26.7. The Morgan fingerprint density at radius 1 is 0.760 bits per heavy atom. The number of carbonyl (C=O) groups is 2. The van der Waals surface area contributed by atoms with Crippen molar-refractivity contribution in [1.82, 2.24) is 9.80 Å². The fraction of sp³-hybridized carbons (Fsp3) is 0.381. The van der Waals surface area contributed by atoms with Gasteiger partial charge in [0.25, 0.3) is 5.91 Å². The third-order valence-corrected chi connectivity index (χ3v) is 9.83. The molecule has 4 aromatic rings. The Kier molecular flexibility index (Phi) is 10.8. The molecule has 2 aliphatic rings. The number of rotatable bonds is 13. The van der Waals surface area contributed by atoms with Crippen LogP contribution in [0, 0.1) is 0 Å². The van der Waals surface area contributed by atoms with Crippen LogP contribution in [0.1, 0.15) is 56.9 Å². The first-order valence-electron chi connectivity index (χ1n) is 17.6. The van der Waals surface area contributed by atoms with Gasteiger partial charge in [-0.25, -0.2) is 0 Å². The maximum atomic E-state index is 14.2. The summed E-state index contributed by atoms with van der Waals surface area (Å²) in [5.41, 5.74) is 3.01. The highest BCUT2D eigenvalue weighted by atomic mass is 16.8. The zero-order valence-corrected chi connectivity index (χ0v) is 29.6. The lowest BCUT2D eigenvalue weighted by atomic mass is 9.80. The minimum atomic E-state index is -1.12. The van der Waals surface area contributed by atoms with Crippen molar-refractivity contribution < 1.29 is 28.5 Å². The van der Waals surface area contributed by atoms with E-state index in [1.54, 1.807) is 4.90 Å². The molecule has 2 heterocycles. The minimum absolute atomic E-state index is 0.217. The summed E-state index contributed by atoms with van der Waals surface area (Å²) in [5.74, 6) is -1.71. The fourth-order valence-electron chi connectivity index (χ4n) is 7.67. The number of esters is 1. The molecular weight excluding hydrogens is 628 g/mol. The standard InChI is InChI=1S/C42H48N2O6/c1-6-43(7-2)40(46)39(48-30(3)45)36-38-37(49-41(4,5)50-38)35(44(36)28-31-20-12-8-13-21-31)29-47-42(32-22-14-9-15-23-32,33-24-16-10-17-25-33)34-26-18-11-19-27-34/h8-27,35-39H,6-7,28-29H2,1-5H3/t35-,36-,37+,38-,39-/m0/s1. The highest BCUT2D eigenvalue weighted by molar-refractivity contribution is 5.84. The van der Waals surface area contributed by atoms with Crippen LogP contribution in [-0.4, -0.2) is 77.6 Å². The van der Waals surface area contributed by atoms with Crippen LogP contribution in [-0.2, 0) is 40.7 Å². The van der Waals surface area contributed by atoms with E-state index in [9.17, 15) is 9.59 Å². The van der Waals surface area contributed by atoms with Gasteiger partial charge in [-0.3, -0.25) is 14.5 Å². The summed E-state index contributed by atoms with van der Waals surface area (Å²) >= 11 is 0. The second kappa shape index (κ2) is 15.3. The van der Waals surface area contributed by atoms with Crippen LogP contribution in [0.3, 0.4) is 0 Å². The van der Waals surface area contributed by atoms with Gasteiger partial charge in [-0.1, -0.05) is 121 Å². The lowest BCUT2D eigenvalue weighted by molar-refractivity contribution is -0.188. The molecular formula is C42H48N2O6. The summed E-state index contributed by atoms with van der Waals surface area (Å²) in [7, 11) is 0. The Hall–Kier alpha value is -4.34. The van der Waals surface area contributed by atoms with Crippen LogP contribution in [0.25, 0.3) is 0 Å². The quantitative estimate of drug-likeness (QED) is 0.117. The van der Waals surface area contributed by atoms with Gasteiger partial charge in [-0.15, -0.1) is 0 Å². The van der Waals surface area contributed by atoms with E-state index in [1.807, 2.05) is 100 Å². The number of fused-ring (bicyclic) bond motifs is 1. The predicted molar refractivity (Wildman–Crippen MR) is 192 cm³/mol. The molecule has 0 unspecified atom stereocenters. The van der Waals surface area contributed by atoms with Crippen LogP contribution >= 0.6 is 0 Å². The number of amides is 1. The SMILES string of the molecule is CCN(CC)C(=O)[C@@H](OC(C)=O)[C@@H]1[C@@H]2OC(C)(C)O[C@@H]2[C@H](COC(c2ccccc2)(c2ccccc2)c2ccccc2)N1Cc1ccccc1. The number of carbonyl (C=O) groups excluding carboxylic acids is 2. The van der Waals surface area contributed by atoms with Crippen molar-refractivity contribution in [3.8, 4) is 0 Å². The van der Waals surface area contributed by atoms with Crippen molar-refractivity contribution in [2.75, 3.05) is 19.7 Å². The molecule has 0 bridgehead atoms. The van der Waals surface area contributed by atoms with E-state index in [0.29, 0.717) is 19.6 Å². The highest BCUT2D eigenvalue weighted by Gasteiger charge is 2.62. The Labute approximate surface area is 295 Å². The van der Waals surface area contributed by atoms with Crippen LogP contribution < -0.4 is 0 Å². The summed E-state index contributed by atoms with van der Waals surface area (Å²) in [4.78, 5) is 30.9. The average Bonchev–Trinajstić information content (AvgIpc) is 3.58. The third kappa shape index (κ3) is 7.12. The number of likely N-dealkylation sites (tertiary alicyclic amines) is 1. The summed E-state index contributed by atoms with van der Waals surface area (Å²) in [6.45, 7) is 10.6. The van der Waals surface area contributed by atoms with Gasteiger partial charge in [0, 0.05) is 26.6 Å². The number of hydrogen-bond acceptors (Lipinski definition) is 7. The Bertz CT molecular complexity index is 1600. The number of likely N-dealkylation sites (N-methyl/N-ethyl adjacent to an activating group) is 1. The molecule has 5 atom stereocenters. The first kappa shape index (κ1) is 35.5. The van der Waals surface area contributed by atoms with E-state index >= 15 is 0 Å². The lowest BCUT2D eigenvalue weighted by Gasteiger charge is -2.40. The molecule has 6 rings (SSSR count). The van der Waals surface area contributed by atoms with Gasteiger partial charge in [0.1, 0.15) is 17.8 Å². The zero-order valence-electron chi connectivity index (χ0n) is 29.6. The first-order chi connectivity index (χ1) is 24.2. The topological polar surface area (TPSA) is 77.5 Å². The largest absolute Gasteiger partial charge is 0.451 e. The van der Waals surface area contributed by atoms with Crippen LogP contribution in [0.2, 0.25) is 0 Å². The second-order valence-electron chi connectivity index (χ2n) is 13.4. The number of benzene rings is 4. The van der Waals surface area contributed by atoms with Crippen LogP contribution in [0.4, 0.5) is 0 Å². The van der Waals surface area contributed by atoms with Crippen molar-refractivity contribution in [2.45, 2.75) is 82.9 Å². The summed E-state index contributed by atoms with van der Waals surface area (Å²) in [5, 5.41) is 0. The van der Waals surface area contributed by atoms with Gasteiger partial charge in [0.05, 0.1) is 18.7 Å². The fourth-order valence-corrected chi connectivity index (χ4v) is 7.67. The number of hydrogen-bond donors (Lipinski definition) is 0. The highest BCUT2D eigenvalue weighted by Crippen LogP contribution is 2.46. The maximum absolute atomic E-state index is 14.2. The molecule has 0 N–H and O–H groups in total. The monoisotopic (exact) mass is 676 g/mol. The number of nitrogens with zero attached hydrogens (tertiary/aromatic N) is 2. The summed E-state index contributed by atoms with van der Waals surface area (Å²) in [6.07, 6.45) is -2.18. The van der Waals surface area contributed by atoms with Gasteiger partial charge in [-0.2, -0.15) is 0 Å². The predicted octanol–water partition coefficient (Wildman–Crippen LogP) is 6.57. The van der Waals surface area contributed by atoms with E-state index in [-0.39, 0.29) is 18.6 Å². The molecule has 0 spiro atoms. The molecule has 4 aromatic carbocycles. The maximum Gasteiger partial charge on any atom is 0.303 e. The Morgan fingerprint density at radius 3 is 1.68 bits per heavy atom. The molecule has 2 aliphatic heterocycles. The molecule has 0 radical (unpaired) electrons. The Balaban J connectivity index is 1.49. The summed E-state index contributed by atoms with van der Waals surface area (Å²) in [6, 6.07) is 39.8. The van der Waals surface area contributed by atoms with Gasteiger partial charge in [-0.05, 0) is 49.9 Å². The average molecular weight is 677 g/mol. The molecule has 8 heteroatoms. The molecule has 0 aliphatic carbocycles. The molecule has 2 saturated heterocycles. The van der Waals surface area contributed by atoms with Gasteiger partial charge in [0.2, 0.25) is 0 Å². The molecule has 8 nitrogen and oxygen atoms in total. The molecule has 0 saturated carbocycles. The molecule has 50 heavy (non-hydrogen) atoms. The van der Waals surface area contributed by atoms with Crippen molar-refractivity contribution >= 4 is 11.9 Å². The molecule has 1 amide bonds. The van der Waals surface area contributed by atoms with Gasteiger partial charge < -0.3 is 23.8 Å². The molecule has 2 fully saturated rings. The minimum Gasteiger partial charge on any atom is -0.451 e. The third-order valence-electron chi connectivity index (χ3n) is 9.83. The Morgan fingerprint density at radius 2 is 1.22 bits per heavy atom. The van der Waals surface area contributed by atoms with Crippen LogP contribution in [0.5, 0.6) is 0 Å². The van der Waals surface area contributed by atoms with Crippen molar-refractivity contribution in [2.24, 2.45) is 0 Å². The van der Waals surface area contributed by atoms with Crippen molar-refractivity contribution in [3.05, 3.63) is 144 Å². The lowest BCUT2D eigenvalue weighted by Crippen LogP contribution is -2.56. The van der Waals surface area contributed by atoms with E-state index < -0.39 is 41.7 Å². The number of ether oxygens (including phenoxy) is 4. The smallest absolute Gasteiger partial charge is 0.303 e. The zero-order chi connectivity index (χ0) is 35.3. The molecule has 262 valence electrons. The van der Waals surface area contributed by atoms with Crippen LogP contribution in [0.15, 0.2) is 121 Å². The van der Waals surface area contributed by atoms with Crippen molar-refractivity contribution in [1.29, 1.82) is 0 Å². The van der Waals surface area contributed by atoms with E-state index in [4.69, 9.17) is 18.9 Å². The van der Waals surface area contributed by atoms with E-state index in [0.717, 1.165) is 22.3 Å². The van der Waals surface area contributed by atoms with Crippen molar-refractivity contribution in [3.63, 3.8) is 0 Å².